The van der Waals surface area contributed by atoms with E-state index < -0.39 is 5.97 Å². The number of rotatable bonds is 5. The smallest absolute Gasteiger partial charge is 0.319 e. The van der Waals surface area contributed by atoms with Gasteiger partial charge in [-0.3, -0.25) is 14.5 Å². The van der Waals surface area contributed by atoms with Crippen molar-refractivity contribution in [2.24, 2.45) is 24.3 Å². The predicted octanol–water partition coefficient (Wildman–Crippen LogP) is 2.74. The number of nitrogens with one attached hydrogen (secondary N) is 2. The molecule has 2 aromatic rings. The fourth-order valence-electron chi connectivity index (χ4n) is 3.97. The van der Waals surface area contributed by atoms with Crippen molar-refractivity contribution in [3.8, 4) is 11.3 Å². The number of pyridine rings is 1. The summed E-state index contributed by atoms with van der Waals surface area (Å²) in [6, 6.07) is 3.06. The third kappa shape index (κ3) is 3.65. The minimum atomic E-state index is -0.774. The molecule has 8 heteroatoms. The molecule has 0 aromatic carbocycles. The van der Waals surface area contributed by atoms with Crippen molar-refractivity contribution in [3.05, 3.63) is 30.7 Å². The summed E-state index contributed by atoms with van der Waals surface area (Å²) in [5.41, 5.74) is 1.69. The van der Waals surface area contributed by atoms with Crippen LogP contribution in [-0.2, 0) is 11.8 Å². The van der Waals surface area contributed by atoms with Crippen LogP contribution in [0.1, 0.15) is 27.2 Å². The summed E-state index contributed by atoms with van der Waals surface area (Å²) in [5, 5.41) is 19.2. The summed E-state index contributed by atoms with van der Waals surface area (Å²) < 4.78 is 1.67. The largest absolute Gasteiger partial charge is 0.481 e. The van der Waals surface area contributed by atoms with E-state index in [1.807, 2.05) is 34.0 Å². The van der Waals surface area contributed by atoms with Gasteiger partial charge in [0.2, 0.25) is 0 Å². The predicted molar refractivity (Wildman–Crippen MR) is 101 cm³/mol. The van der Waals surface area contributed by atoms with Crippen molar-refractivity contribution in [2.75, 3.05) is 5.32 Å². The lowest BCUT2D eigenvalue weighted by atomic mass is 9.53. The second kappa shape index (κ2) is 7.02. The third-order valence-electron chi connectivity index (χ3n) is 5.64. The topological polar surface area (TPSA) is 109 Å². The molecular weight excluding hydrogens is 346 g/mol. The molecule has 3 atom stereocenters. The molecule has 0 spiro atoms. The number of anilines is 1. The molecule has 1 fully saturated rings. The van der Waals surface area contributed by atoms with Crippen molar-refractivity contribution in [1.82, 2.24) is 20.1 Å². The number of carbonyl (C=O) groups excluding carboxylic acids is 1. The van der Waals surface area contributed by atoms with Gasteiger partial charge in [0.05, 0.1) is 23.5 Å². The standard InChI is InChI=1S/C19H25N5O3/c1-11(13-8-14(17(25)26)19(13,2)3)22-18(27)23-15-6-5-7-20-16(15)12-9-21-24(4)10-12/h5-7,9-11,13-14H,8H2,1-4H3,(H,25,26)(H2,22,23,27)/t11?,13-,14+/m0/s1. The van der Waals surface area contributed by atoms with Crippen LogP contribution >= 0.6 is 0 Å². The molecule has 1 unspecified atom stereocenters. The highest BCUT2D eigenvalue weighted by Crippen LogP contribution is 2.52. The summed E-state index contributed by atoms with van der Waals surface area (Å²) in [4.78, 5) is 28.1. The van der Waals surface area contributed by atoms with Crippen molar-refractivity contribution in [3.63, 3.8) is 0 Å². The molecule has 3 N–H and O–H groups in total. The lowest BCUT2D eigenvalue weighted by molar-refractivity contribution is -0.160. The molecule has 144 valence electrons. The highest BCUT2D eigenvalue weighted by molar-refractivity contribution is 5.93. The highest BCUT2D eigenvalue weighted by atomic mass is 16.4. The van der Waals surface area contributed by atoms with E-state index >= 15 is 0 Å². The summed E-state index contributed by atoms with van der Waals surface area (Å²) in [7, 11) is 1.82. The number of aliphatic carboxylic acids is 1. The first kappa shape index (κ1) is 18.9. The van der Waals surface area contributed by atoms with Crippen LogP contribution in [0.5, 0.6) is 0 Å². The molecule has 2 amide bonds. The van der Waals surface area contributed by atoms with Gasteiger partial charge < -0.3 is 15.7 Å². The molecule has 0 aliphatic heterocycles. The summed E-state index contributed by atoms with van der Waals surface area (Å²) in [6.07, 6.45) is 5.75. The van der Waals surface area contributed by atoms with Crippen molar-refractivity contribution >= 4 is 17.7 Å². The Morgan fingerprint density at radius 1 is 1.41 bits per heavy atom. The molecule has 8 nitrogen and oxygen atoms in total. The molecule has 2 heterocycles. The molecule has 0 saturated heterocycles. The molecule has 1 aliphatic carbocycles. The Hall–Kier alpha value is -2.90. The number of carboxylic acid groups (broad SMARTS) is 1. The maximum atomic E-state index is 12.5. The molecule has 1 aliphatic rings. The molecule has 2 aromatic heterocycles. The Bertz CT molecular complexity index is 861. The van der Waals surface area contributed by atoms with E-state index in [-0.39, 0.29) is 29.3 Å². The number of urea groups is 1. The monoisotopic (exact) mass is 371 g/mol. The molecule has 0 bridgehead atoms. The van der Waals surface area contributed by atoms with E-state index in [2.05, 4.69) is 20.7 Å². The SMILES string of the molecule is CC(NC(=O)Nc1cccnc1-c1cnn(C)c1)[C@@H]1C[C@H](C(=O)O)C1(C)C. The quantitative estimate of drug-likeness (QED) is 0.749. The van der Waals surface area contributed by atoms with Gasteiger partial charge in [-0.05, 0) is 36.8 Å². The fraction of sp³-hybridized carbons (Fsp3) is 0.474. The number of aryl methyl sites for hydroxylation is 1. The van der Waals surface area contributed by atoms with Gasteiger partial charge in [-0.25, -0.2) is 4.79 Å². The summed E-state index contributed by atoms with van der Waals surface area (Å²) >= 11 is 0. The fourth-order valence-corrected chi connectivity index (χ4v) is 3.97. The lowest BCUT2D eigenvalue weighted by Crippen LogP contribution is -2.57. The molecule has 3 rings (SSSR count). The number of carbonyl (C=O) groups is 2. The van der Waals surface area contributed by atoms with E-state index in [0.717, 1.165) is 5.56 Å². The lowest BCUT2D eigenvalue weighted by Gasteiger charge is -2.52. The number of nitrogens with zero attached hydrogens (tertiary/aromatic N) is 3. The van der Waals surface area contributed by atoms with Gasteiger partial charge in [0.1, 0.15) is 0 Å². The van der Waals surface area contributed by atoms with Crippen molar-refractivity contribution in [1.29, 1.82) is 0 Å². The Morgan fingerprint density at radius 3 is 2.74 bits per heavy atom. The van der Waals surface area contributed by atoms with Gasteiger partial charge in [0, 0.05) is 31.0 Å². The highest BCUT2D eigenvalue weighted by Gasteiger charge is 2.53. The Balaban J connectivity index is 1.66. The summed E-state index contributed by atoms with van der Waals surface area (Å²) in [5.74, 6) is -1.04. The van der Waals surface area contributed by atoms with Crippen LogP contribution in [0.15, 0.2) is 30.7 Å². The Morgan fingerprint density at radius 2 is 2.15 bits per heavy atom. The summed E-state index contributed by atoms with van der Waals surface area (Å²) in [6.45, 7) is 5.80. The van der Waals surface area contributed by atoms with E-state index in [1.54, 1.807) is 29.2 Å². The van der Waals surface area contributed by atoms with E-state index in [4.69, 9.17) is 0 Å². The zero-order chi connectivity index (χ0) is 19.8. The minimum Gasteiger partial charge on any atom is -0.481 e. The van der Waals surface area contributed by atoms with E-state index in [9.17, 15) is 14.7 Å². The van der Waals surface area contributed by atoms with Gasteiger partial charge in [0.25, 0.3) is 0 Å². The van der Waals surface area contributed by atoms with E-state index in [1.165, 1.54) is 0 Å². The van der Waals surface area contributed by atoms with Crippen LogP contribution < -0.4 is 10.6 Å². The van der Waals surface area contributed by atoms with Gasteiger partial charge >= 0.3 is 12.0 Å². The second-order valence-electron chi connectivity index (χ2n) is 7.74. The number of aromatic nitrogens is 3. The van der Waals surface area contributed by atoms with Crippen LogP contribution in [0, 0.1) is 17.3 Å². The zero-order valence-corrected chi connectivity index (χ0v) is 15.9. The molecular formula is C19H25N5O3. The van der Waals surface area contributed by atoms with Gasteiger partial charge in [-0.2, -0.15) is 5.10 Å². The Kier molecular flexibility index (Phi) is 4.91. The first-order valence-corrected chi connectivity index (χ1v) is 8.94. The maximum absolute atomic E-state index is 12.5. The number of hydrogen-bond donors (Lipinski definition) is 3. The second-order valence-corrected chi connectivity index (χ2v) is 7.74. The number of hydrogen-bond acceptors (Lipinski definition) is 4. The van der Waals surface area contributed by atoms with Crippen LogP contribution in [0.4, 0.5) is 10.5 Å². The number of carboxylic acids is 1. The minimum absolute atomic E-state index is 0.107. The van der Waals surface area contributed by atoms with Gasteiger partial charge in [-0.1, -0.05) is 13.8 Å². The number of amides is 2. The first-order valence-electron chi connectivity index (χ1n) is 8.94. The molecule has 27 heavy (non-hydrogen) atoms. The average molecular weight is 371 g/mol. The van der Waals surface area contributed by atoms with Crippen molar-refractivity contribution < 1.29 is 14.7 Å². The Labute approximate surface area is 158 Å². The van der Waals surface area contributed by atoms with Crippen molar-refractivity contribution in [2.45, 2.75) is 33.2 Å². The molecule has 1 saturated carbocycles. The normalized spacial score (nSPS) is 21.8. The average Bonchev–Trinajstić information content (AvgIpc) is 3.00. The van der Waals surface area contributed by atoms with Crippen LogP contribution in [0.3, 0.4) is 0 Å². The van der Waals surface area contributed by atoms with E-state index in [0.29, 0.717) is 17.8 Å². The first-order chi connectivity index (χ1) is 12.7. The van der Waals surface area contributed by atoms with Gasteiger partial charge in [0.15, 0.2) is 0 Å². The van der Waals surface area contributed by atoms with Crippen LogP contribution in [0.25, 0.3) is 11.3 Å². The van der Waals surface area contributed by atoms with Crippen LogP contribution in [0.2, 0.25) is 0 Å². The zero-order valence-electron chi connectivity index (χ0n) is 15.9. The van der Waals surface area contributed by atoms with Gasteiger partial charge in [-0.15, -0.1) is 0 Å². The third-order valence-corrected chi connectivity index (χ3v) is 5.64. The molecule has 0 radical (unpaired) electrons. The maximum Gasteiger partial charge on any atom is 0.319 e. The van der Waals surface area contributed by atoms with Crippen LogP contribution in [-0.4, -0.2) is 37.9 Å².